The van der Waals surface area contributed by atoms with E-state index in [0.29, 0.717) is 0 Å². The number of hydrogen-bond acceptors (Lipinski definition) is 2. The van der Waals surface area contributed by atoms with Crippen LogP contribution in [0.25, 0.3) is 0 Å². The van der Waals surface area contributed by atoms with Gasteiger partial charge < -0.3 is 10.6 Å². The van der Waals surface area contributed by atoms with Gasteiger partial charge in [0.1, 0.15) is 0 Å². The second-order valence-electron chi connectivity index (χ2n) is 5.08. The van der Waals surface area contributed by atoms with Crippen molar-refractivity contribution < 1.29 is 0 Å². The van der Waals surface area contributed by atoms with Gasteiger partial charge >= 0.3 is 0 Å². The molecule has 2 N–H and O–H groups in total. The summed E-state index contributed by atoms with van der Waals surface area (Å²) in [5.41, 5.74) is 0. The summed E-state index contributed by atoms with van der Waals surface area (Å²) in [4.78, 5) is 0. The van der Waals surface area contributed by atoms with Crippen LogP contribution in [0.15, 0.2) is 0 Å². The quantitative estimate of drug-likeness (QED) is 0.481. The summed E-state index contributed by atoms with van der Waals surface area (Å²) in [5, 5.41) is 6.88. The molecule has 0 amide bonds. The van der Waals surface area contributed by atoms with Gasteiger partial charge in [-0.05, 0) is 45.8 Å². The Morgan fingerprint density at radius 2 is 1.47 bits per heavy atom. The lowest BCUT2D eigenvalue weighted by Crippen LogP contribution is -2.24. The molecule has 0 rings (SSSR count). The molecule has 0 spiro atoms. The lowest BCUT2D eigenvalue weighted by molar-refractivity contribution is 0.453. The molecule has 0 heterocycles. The minimum Gasteiger partial charge on any atom is -0.317 e. The van der Waals surface area contributed by atoms with Gasteiger partial charge in [-0.1, -0.05) is 46.0 Å². The Morgan fingerprint density at radius 1 is 0.765 bits per heavy atom. The van der Waals surface area contributed by atoms with Crippen molar-refractivity contribution >= 4 is 0 Å². The van der Waals surface area contributed by atoms with E-state index in [-0.39, 0.29) is 0 Å². The fourth-order valence-electron chi connectivity index (χ4n) is 2.25. The largest absolute Gasteiger partial charge is 0.317 e. The second kappa shape index (κ2) is 14.0. The molecular weight excluding hydrogens is 208 g/mol. The zero-order valence-corrected chi connectivity index (χ0v) is 12.4. The Labute approximate surface area is 109 Å². The first-order chi connectivity index (χ1) is 8.35. The van der Waals surface area contributed by atoms with E-state index in [1.165, 1.54) is 70.9 Å². The smallest absolute Gasteiger partial charge is 0.00639 e. The van der Waals surface area contributed by atoms with Crippen molar-refractivity contribution in [3.8, 4) is 0 Å². The van der Waals surface area contributed by atoms with Crippen LogP contribution in [0.2, 0.25) is 0 Å². The highest BCUT2D eigenvalue weighted by atomic mass is 14.9. The molecule has 0 bridgehead atoms. The van der Waals surface area contributed by atoms with Crippen molar-refractivity contribution in [3.63, 3.8) is 0 Å². The molecule has 1 unspecified atom stereocenters. The van der Waals surface area contributed by atoms with E-state index in [1.54, 1.807) is 0 Å². The van der Waals surface area contributed by atoms with Gasteiger partial charge in [0.2, 0.25) is 0 Å². The number of nitrogens with one attached hydrogen (secondary N) is 2. The third-order valence-corrected chi connectivity index (χ3v) is 3.38. The van der Waals surface area contributed by atoms with Crippen LogP contribution in [-0.4, -0.2) is 26.2 Å². The van der Waals surface area contributed by atoms with Crippen molar-refractivity contribution in [3.05, 3.63) is 0 Å². The molecule has 0 saturated carbocycles. The fraction of sp³-hybridized carbons (Fsp3) is 1.00. The highest BCUT2D eigenvalue weighted by molar-refractivity contribution is 4.63. The Bertz CT molecular complexity index is 137. The van der Waals surface area contributed by atoms with Crippen LogP contribution in [0.1, 0.15) is 71.6 Å². The molecule has 17 heavy (non-hydrogen) atoms. The molecular formula is C15H34N2. The molecule has 2 nitrogen and oxygen atoms in total. The first-order valence-corrected chi connectivity index (χ1v) is 7.73. The average molecular weight is 242 g/mol. The van der Waals surface area contributed by atoms with Gasteiger partial charge in [0.15, 0.2) is 0 Å². The normalized spacial score (nSPS) is 12.9. The maximum atomic E-state index is 3.46. The van der Waals surface area contributed by atoms with Crippen LogP contribution in [-0.2, 0) is 0 Å². The molecule has 0 aromatic carbocycles. The highest BCUT2D eigenvalue weighted by Gasteiger charge is 2.03. The van der Waals surface area contributed by atoms with E-state index >= 15 is 0 Å². The molecule has 0 saturated heterocycles. The third-order valence-electron chi connectivity index (χ3n) is 3.38. The minimum absolute atomic E-state index is 0.756. The summed E-state index contributed by atoms with van der Waals surface area (Å²) in [5.74, 6) is 0. The zero-order chi connectivity index (χ0) is 12.8. The standard InChI is InChI=1S/C15H34N2/c1-4-11-15(16-3)12-9-7-6-8-10-14-17-13-5-2/h15-17H,4-14H2,1-3H3. The lowest BCUT2D eigenvalue weighted by atomic mass is 10.0. The van der Waals surface area contributed by atoms with Gasteiger partial charge in [-0.15, -0.1) is 0 Å². The Morgan fingerprint density at radius 3 is 2.12 bits per heavy atom. The summed E-state index contributed by atoms with van der Waals surface area (Å²) in [7, 11) is 2.10. The van der Waals surface area contributed by atoms with E-state index < -0.39 is 0 Å². The Hall–Kier alpha value is -0.0800. The van der Waals surface area contributed by atoms with Gasteiger partial charge in [0.25, 0.3) is 0 Å². The van der Waals surface area contributed by atoms with E-state index in [4.69, 9.17) is 0 Å². The van der Waals surface area contributed by atoms with Gasteiger partial charge in [-0.25, -0.2) is 0 Å². The maximum Gasteiger partial charge on any atom is 0.00639 e. The molecule has 0 radical (unpaired) electrons. The van der Waals surface area contributed by atoms with Gasteiger partial charge in [-0.3, -0.25) is 0 Å². The van der Waals surface area contributed by atoms with Crippen molar-refractivity contribution in [2.24, 2.45) is 0 Å². The molecule has 0 aliphatic heterocycles. The SMILES string of the molecule is CCCNCCCCCCCC(CCC)NC. The first kappa shape index (κ1) is 16.9. The van der Waals surface area contributed by atoms with Crippen molar-refractivity contribution in [1.29, 1.82) is 0 Å². The second-order valence-corrected chi connectivity index (χ2v) is 5.08. The minimum atomic E-state index is 0.756. The molecule has 0 aromatic heterocycles. The summed E-state index contributed by atoms with van der Waals surface area (Å²) in [6.45, 7) is 6.89. The van der Waals surface area contributed by atoms with Crippen LogP contribution in [0, 0.1) is 0 Å². The maximum absolute atomic E-state index is 3.46. The monoisotopic (exact) mass is 242 g/mol. The predicted octanol–water partition coefficient (Wildman–Crippen LogP) is 3.71. The summed E-state index contributed by atoms with van der Waals surface area (Å²) >= 11 is 0. The van der Waals surface area contributed by atoms with Gasteiger partial charge in [0, 0.05) is 6.04 Å². The van der Waals surface area contributed by atoms with Crippen LogP contribution in [0.5, 0.6) is 0 Å². The molecule has 0 aliphatic rings. The van der Waals surface area contributed by atoms with Crippen LogP contribution >= 0.6 is 0 Å². The van der Waals surface area contributed by atoms with E-state index in [9.17, 15) is 0 Å². The first-order valence-electron chi connectivity index (χ1n) is 7.73. The number of rotatable bonds is 13. The van der Waals surface area contributed by atoms with Crippen molar-refractivity contribution in [1.82, 2.24) is 10.6 Å². The average Bonchev–Trinajstić information content (AvgIpc) is 2.35. The topological polar surface area (TPSA) is 24.1 Å². The molecule has 104 valence electrons. The van der Waals surface area contributed by atoms with Gasteiger partial charge in [0.05, 0.1) is 0 Å². The van der Waals surface area contributed by atoms with Crippen molar-refractivity contribution in [2.75, 3.05) is 20.1 Å². The van der Waals surface area contributed by atoms with Crippen LogP contribution in [0.3, 0.4) is 0 Å². The number of hydrogen-bond donors (Lipinski definition) is 2. The van der Waals surface area contributed by atoms with Crippen LogP contribution in [0.4, 0.5) is 0 Å². The molecule has 0 aromatic rings. The van der Waals surface area contributed by atoms with Crippen LogP contribution < -0.4 is 10.6 Å². The van der Waals surface area contributed by atoms with Gasteiger partial charge in [-0.2, -0.15) is 0 Å². The molecule has 2 heteroatoms. The lowest BCUT2D eigenvalue weighted by Gasteiger charge is -2.14. The summed E-state index contributed by atoms with van der Waals surface area (Å²) < 4.78 is 0. The molecule has 0 fully saturated rings. The van der Waals surface area contributed by atoms with E-state index in [2.05, 4.69) is 31.5 Å². The third kappa shape index (κ3) is 12.2. The number of unbranched alkanes of at least 4 members (excludes halogenated alkanes) is 4. The fourth-order valence-corrected chi connectivity index (χ4v) is 2.25. The highest BCUT2D eigenvalue weighted by Crippen LogP contribution is 2.10. The summed E-state index contributed by atoms with van der Waals surface area (Å²) in [6.07, 6.45) is 12.2. The Balaban J connectivity index is 3.11. The van der Waals surface area contributed by atoms with E-state index in [0.717, 1.165) is 6.04 Å². The molecule has 0 aliphatic carbocycles. The Kier molecular flexibility index (Phi) is 13.9. The zero-order valence-electron chi connectivity index (χ0n) is 12.4. The summed E-state index contributed by atoms with van der Waals surface area (Å²) in [6, 6.07) is 0.756. The molecule has 1 atom stereocenters. The predicted molar refractivity (Wildman–Crippen MR) is 78.6 cm³/mol. The van der Waals surface area contributed by atoms with Crippen molar-refractivity contribution in [2.45, 2.75) is 77.7 Å². The van der Waals surface area contributed by atoms with E-state index in [1.807, 2.05) is 0 Å².